The van der Waals surface area contributed by atoms with Gasteiger partial charge >= 0.3 is 0 Å². The zero-order valence-electron chi connectivity index (χ0n) is 15.8. The molecule has 1 fully saturated rings. The van der Waals surface area contributed by atoms with Crippen molar-refractivity contribution in [1.82, 2.24) is 19.6 Å². The van der Waals surface area contributed by atoms with E-state index in [4.69, 9.17) is 0 Å². The van der Waals surface area contributed by atoms with Gasteiger partial charge in [0.1, 0.15) is 6.54 Å². The van der Waals surface area contributed by atoms with Crippen molar-refractivity contribution in [2.24, 2.45) is 0 Å². The minimum Gasteiger partial charge on any atom is -0.340 e. The molecule has 6 nitrogen and oxygen atoms in total. The molecule has 1 amide bonds. The molecular formula is C22H24N4O2. The fourth-order valence-electron chi connectivity index (χ4n) is 3.74. The maximum absolute atomic E-state index is 12.9. The first kappa shape index (κ1) is 18.4. The SMILES string of the molecule is O=C(Cn1ncc(=O)c2ccccc21)N1CCCN(Cc2ccccc2)CC1. The molecule has 28 heavy (non-hydrogen) atoms. The van der Waals surface area contributed by atoms with Gasteiger partial charge in [-0.15, -0.1) is 0 Å². The Morgan fingerprint density at radius 1 is 0.929 bits per heavy atom. The lowest BCUT2D eigenvalue weighted by molar-refractivity contribution is -0.131. The molecule has 0 radical (unpaired) electrons. The molecule has 0 N–H and O–H groups in total. The van der Waals surface area contributed by atoms with Crippen LogP contribution in [-0.2, 0) is 17.9 Å². The van der Waals surface area contributed by atoms with Gasteiger partial charge in [0.05, 0.1) is 11.7 Å². The monoisotopic (exact) mass is 376 g/mol. The van der Waals surface area contributed by atoms with E-state index in [1.165, 1.54) is 11.8 Å². The van der Waals surface area contributed by atoms with Crippen LogP contribution < -0.4 is 5.43 Å². The minimum absolute atomic E-state index is 0.0443. The van der Waals surface area contributed by atoms with Crippen LogP contribution >= 0.6 is 0 Å². The van der Waals surface area contributed by atoms with Gasteiger partial charge in [-0.1, -0.05) is 42.5 Å². The lowest BCUT2D eigenvalue weighted by atomic mass is 10.2. The van der Waals surface area contributed by atoms with Gasteiger partial charge in [-0.2, -0.15) is 5.10 Å². The largest absolute Gasteiger partial charge is 0.340 e. The van der Waals surface area contributed by atoms with E-state index >= 15 is 0 Å². The van der Waals surface area contributed by atoms with Crippen LogP contribution in [0.15, 0.2) is 65.6 Å². The third-order valence-electron chi connectivity index (χ3n) is 5.24. The molecule has 0 aliphatic carbocycles. The van der Waals surface area contributed by atoms with Crippen molar-refractivity contribution < 1.29 is 4.79 Å². The van der Waals surface area contributed by atoms with E-state index in [2.05, 4.69) is 34.3 Å². The molecular weight excluding hydrogens is 352 g/mol. The molecule has 0 atom stereocenters. The maximum Gasteiger partial charge on any atom is 0.244 e. The van der Waals surface area contributed by atoms with Gasteiger partial charge in [0.15, 0.2) is 0 Å². The number of rotatable bonds is 4. The molecule has 1 aliphatic rings. The zero-order chi connectivity index (χ0) is 19.3. The maximum atomic E-state index is 12.9. The number of hydrogen-bond donors (Lipinski definition) is 0. The highest BCUT2D eigenvalue weighted by atomic mass is 16.2. The molecule has 1 aliphatic heterocycles. The molecule has 3 aromatic rings. The number of fused-ring (bicyclic) bond motifs is 1. The van der Waals surface area contributed by atoms with Crippen molar-refractivity contribution in [2.45, 2.75) is 19.5 Å². The van der Waals surface area contributed by atoms with E-state index in [0.717, 1.165) is 32.6 Å². The molecule has 1 aromatic heterocycles. The van der Waals surface area contributed by atoms with E-state index in [1.54, 1.807) is 10.7 Å². The number of benzene rings is 2. The number of para-hydroxylation sites is 1. The zero-order valence-corrected chi connectivity index (χ0v) is 15.8. The van der Waals surface area contributed by atoms with Gasteiger partial charge in [-0.05, 0) is 24.1 Å². The Balaban J connectivity index is 1.42. The first-order valence-electron chi connectivity index (χ1n) is 9.69. The van der Waals surface area contributed by atoms with Gasteiger partial charge in [-0.3, -0.25) is 19.2 Å². The predicted molar refractivity (Wildman–Crippen MR) is 109 cm³/mol. The average molecular weight is 376 g/mol. The number of carbonyl (C=O) groups excluding carboxylic acids is 1. The number of aromatic nitrogens is 2. The van der Waals surface area contributed by atoms with E-state index in [-0.39, 0.29) is 17.9 Å². The Bertz CT molecular complexity index is 1020. The standard InChI is InChI=1S/C22H24N4O2/c27-21-15-23-26(20-10-5-4-9-19(20)21)17-22(28)25-12-6-11-24(13-14-25)16-18-7-2-1-3-8-18/h1-5,7-10,15H,6,11-14,16-17H2. The van der Waals surface area contributed by atoms with E-state index in [1.807, 2.05) is 29.2 Å². The van der Waals surface area contributed by atoms with E-state index in [0.29, 0.717) is 17.4 Å². The van der Waals surface area contributed by atoms with Gasteiger partial charge in [0, 0.05) is 38.1 Å². The van der Waals surface area contributed by atoms with Crippen LogP contribution in [0.2, 0.25) is 0 Å². The number of nitrogens with zero attached hydrogens (tertiary/aromatic N) is 4. The third kappa shape index (κ3) is 4.12. The summed E-state index contributed by atoms with van der Waals surface area (Å²) in [5.41, 5.74) is 1.88. The van der Waals surface area contributed by atoms with Gasteiger partial charge in [0.2, 0.25) is 11.3 Å². The van der Waals surface area contributed by atoms with Crippen LogP contribution in [-0.4, -0.2) is 51.7 Å². The Morgan fingerprint density at radius 2 is 1.71 bits per heavy atom. The smallest absolute Gasteiger partial charge is 0.244 e. The van der Waals surface area contributed by atoms with Gasteiger partial charge < -0.3 is 4.90 Å². The van der Waals surface area contributed by atoms with Crippen molar-refractivity contribution in [2.75, 3.05) is 26.2 Å². The second kappa shape index (κ2) is 8.35. The van der Waals surface area contributed by atoms with Crippen LogP contribution in [0.4, 0.5) is 0 Å². The summed E-state index contributed by atoms with van der Waals surface area (Å²) in [6, 6.07) is 17.7. The second-order valence-electron chi connectivity index (χ2n) is 7.18. The van der Waals surface area contributed by atoms with Crippen LogP contribution in [0, 0.1) is 0 Å². The van der Waals surface area contributed by atoms with Crippen molar-refractivity contribution in [3.63, 3.8) is 0 Å². The molecule has 6 heteroatoms. The number of carbonyl (C=O) groups is 1. The molecule has 0 spiro atoms. The summed E-state index contributed by atoms with van der Waals surface area (Å²) < 4.78 is 1.63. The van der Waals surface area contributed by atoms with E-state index in [9.17, 15) is 9.59 Å². The van der Waals surface area contributed by atoms with Gasteiger partial charge in [0.25, 0.3) is 0 Å². The summed E-state index contributed by atoms with van der Waals surface area (Å²) in [6.07, 6.45) is 2.25. The first-order valence-corrected chi connectivity index (χ1v) is 9.69. The summed E-state index contributed by atoms with van der Waals surface area (Å²) in [5.74, 6) is 0.0443. The lowest BCUT2D eigenvalue weighted by Crippen LogP contribution is -2.37. The lowest BCUT2D eigenvalue weighted by Gasteiger charge is -2.22. The summed E-state index contributed by atoms with van der Waals surface area (Å²) in [6.45, 7) is 4.37. The highest BCUT2D eigenvalue weighted by Gasteiger charge is 2.20. The highest BCUT2D eigenvalue weighted by Crippen LogP contribution is 2.11. The Kier molecular flexibility index (Phi) is 5.48. The number of hydrogen-bond acceptors (Lipinski definition) is 4. The van der Waals surface area contributed by atoms with Gasteiger partial charge in [-0.25, -0.2) is 0 Å². The normalized spacial score (nSPS) is 15.5. The third-order valence-corrected chi connectivity index (χ3v) is 5.24. The molecule has 0 unspecified atom stereocenters. The Hall–Kier alpha value is -2.99. The summed E-state index contributed by atoms with van der Waals surface area (Å²) in [7, 11) is 0. The van der Waals surface area contributed by atoms with Crippen LogP contribution in [0.1, 0.15) is 12.0 Å². The molecule has 2 heterocycles. The molecule has 144 valence electrons. The first-order chi connectivity index (χ1) is 13.7. The minimum atomic E-state index is -0.120. The molecule has 2 aromatic carbocycles. The predicted octanol–water partition coefficient (Wildman–Crippen LogP) is 2.13. The fraction of sp³-hybridized carbons (Fsp3) is 0.318. The van der Waals surface area contributed by atoms with Crippen LogP contribution in [0.25, 0.3) is 10.9 Å². The highest BCUT2D eigenvalue weighted by molar-refractivity contribution is 5.81. The van der Waals surface area contributed by atoms with E-state index < -0.39 is 0 Å². The fourth-order valence-corrected chi connectivity index (χ4v) is 3.74. The van der Waals surface area contributed by atoms with Crippen molar-refractivity contribution >= 4 is 16.8 Å². The van der Waals surface area contributed by atoms with Crippen molar-refractivity contribution in [3.05, 3.63) is 76.6 Å². The second-order valence-corrected chi connectivity index (χ2v) is 7.18. The molecule has 0 saturated carbocycles. The summed E-state index contributed by atoms with van der Waals surface area (Å²) in [5, 5.41) is 4.77. The Labute approximate surface area is 164 Å². The Morgan fingerprint density at radius 3 is 2.57 bits per heavy atom. The summed E-state index contributed by atoms with van der Waals surface area (Å²) >= 11 is 0. The van der Waals surface area contributed by atoms with Crippen LogP contribution in [0.5, 0.6) is 0 Å². The van der Waals surface area contributed by atoms with Crippen molar-refractivity contribution in [3.8, 4) is 0 Å². The molecule has 4 rings (SSSR count). The summed E-state index contributed by atoms with van der Waals surface area (Å²) in [4.78, 5) is 29.2. The topological polar surface area (TPSA) is 58.4 Å². The van der Waals surface area contributed by atoms with Crippen LogP contribution in [0.3, 0.4) is 0 Å². The molecule has 0 bridgehead atoms. The number of amides is 1. The molecule has 1 saturated heterocycles. The quantitative estimate of drug-likeness (QED) is 0.700. The van der Waals surface area contributed by atoms with Crippen molar-refractivity contribution in [1.29, 1.82) is 0 Å². The average Bonchev–Trinajstić information content (AvgIpc) is 2.97.